The zero-order valence-corrected chi connectivity index (χ0v) is 5.73. The molecule has 0 spiro atoms. The van der Waals surface area contributed by atoms with Crippen molar-refractivity contribution in [3.63, 3.8) is 0 Å². The van der Waals surface area contributed by atoms with E-state index >= 15 is 0 Å². The summed E-state index contributed by atoms with van der Waals surface area (Å²) in [6.07, 6.45) is 0. The van der Waals surface area contributed by atoms with E-state index in [1.807, 2.05) is 6.92 Å². The molecule has 0 aliphatic carbocycles. The molecule has 0 saturated heterocycles. The average Bonchev–Trinajstić information content (AvgIpc) is 1.89. The maximum absolute atomic E-state index is 11.4. The maximum Gasteiger partial charge on any atom is 0.102 e. The lowest BCUT2D eigenvalue weighted by atomic mass is 10.2. The van der Waals surface area contributed by atoms with E-state index in [4.69, 9.17) is 5.11 Å². The summed E-state index contributed by atoms with van der Waals surface area (Å²) in [6.45, 7) is 2.83. The summed E-state index contributed by atoms with van der Waals surface area (Å²) in [4.78, 5) is 0. The quantitative estimate of drug-likeness (QED) is 0.527. The predicted molar refractivity (Wildman–Crippen MR) is 35.1 cm³/mol. The Kier molecular flexibility index (Phi) is 5.88. The number of halogens is 1. The Bertz CT molecular complexity index is 61.0. The monoisotopic (exact) mass is 135 g/mol. The topological polar surface area (TPSA) is 32.3 Å². The molecule has 0 saturated carbocycles. The van der Waals surface area contributed by atoms with Crippen LogP contribution in [0.1, 0.15) is 6.92 Å². The Morgan fingerprint density at radius 1 is 1.67 bits per heavy atom. The Hall–Kier alpha value is -0.150. The number of nitrogens with one attached hydrogen (secondary N) is 1. The van der Waals surface area contributed by atoms with Crippen LogP contribution >= 0.6 is 0 Å². The van der Waals surface area contributed by atoms with Crippen LogP contribution in [0.25, 0.3) is 0 Å². The van der Waals surface area contributed by atoms with Gasteiger partial charge in [-0.05, 0) is 12.5 Å². The summed E-state index contributed by atoms with van der Waals surface area (Å²) < 4.78 is 11.4. The van der Waals surface area contributed by atoms with Crippen LogP contribution in [0.4, 0.5) is 4.39 Å². The predicted octanol–water partition coefficient (Wildman–Crippen LogP) is 0.174. The molecule has 0 aliphatic rings. The summed E-state index contributed by atoms with van der Waals surface area (Å²) in [6, 6.07) is 0. The summed E-state index contributed by atoms with van der Waals surface area (Å²) in [5.74, 6) is 0.233. The van der Waals surface area contributed by atoms with Gasteiger partial charge >= 0.3 is 0 Å². The van der Waals surface area contributed by atoms with Gasteiger partial charge in [0.2, 0.25) is 0 Å². The molecule has 0 heterocycles. The molecule has 9 heavy (non-hydrogen) atoms. The van der Waals surface area contributed by atoms with Crippen molar-refractivity contribution in [1.29, 1.82) is 0 Å². The second kappa shape index (κ2) is 5.98. The average molecular weight is 135 g/mol. The van der Waals surface area contributed by atoms with Crippen molar-refractivity contribution in [1.82, 2.24) is 5.32 Å². The second-order valence-corrected chi connectivity index (χ2v) is 2.18. The molecule has 3 heteroatoms. The molecule has 2 nitrogen and oxygen atoms in total. The van der Waals surface area contributed by atoms with Crippen LogP contribution in [-0.2, 0) is 0 Å². The molecular weight excluding hydrogens is 121 g/mol. The third-order valence-electron chi connectivity index (χ3n) is 1.08. The molecule has 0 bridgehead atoms. The minimum Gasteiger partial charge on any atom is -0.396 e. The highest BCUT2D eigenvalue weighted by Gasteiger charge is 1.96. The van der Waals surface area contributed by atoms with Crippen LogP contribution in [0.5, 0.6) is 0 Å². The molecule has 0 aromatic heterocycles. The zero-order valence-electron chi connectivity index (χ0n) is 5.73. The molecule has 0 aromatic carbocycles. The van der Waals surface area contributed by atoms with E-state index < -0.39 is 0 Å². The largest absolute Gasteiger partial charge is 0.396 e. The van der Waals surface area contributed by atoms with Crippen LogP contribution in [0.2, 0.25) is 0 Å². The maximum atomic E-state index is 11.4. The normalized spacial score (nSPS) is 13.7. The van der Waals surface area contributed by atoms with Gasteiger partial charge in [-0.2, -0.15) is 0 Å². The molecule has 0 rings (SSSR count). The fourth-order valence-corrected chi connectivity index (χ4v) is 0.480. The highest BCUT2D eigenvalue weighted by atomic mass is 19.1. The van der Waals surface area contributed by atoms with Gasteiger partial charge in [-0.25, -0.2) is 4.39 Å². The minimum atomic E-state index is -0.335. The van der Waals surface area contributed by atoms with Crippen molar-refractivity contribution in [3.05, 3.63) is 0 Å². The number of hydrogen-bond acceptors (Lipinski definition) is 2. The van der Waals surface area contributed by atoms with Crippen molar-refractivity contribution in [3.8, 4) is 0 Å². The second-order valence-electron chi connectivity index (χ2n) is 2.18. The molecule has 0 aromatic rings. The molecule has 1 unspecified atom stereocenters. The highest BCUT2D eigenvalue weighted by molar-refractivity contribution is 4.53. The summed E-state index contributed by atoms with van der Waals surface area (Å²) >= 11 is 0. The van der Waals surface area contributed by atoms with E-state index in [-0.39, 0.29) is 19.2 Å². The Morgan fingerprint density at radius 3 is 2.78 bits per heavy atom. The summed E-state index contributed by atoms with van der Waals surface area (Å²) in [7, 11) is 0. The van der Waals surface area contributed by atoms with Crippen molar-refractivity contribution < 1.29 is 9.50 Å². The van der Waals surface area contributed by atoms with Gasteiger partial charge in [-0.15, -0.1) is 0 Å². The molecule has 0 aliphatic heterocycles. The standard InChI is InChI=1S/C6H14FNO/c1-6(5-9)4-8-3-2-7/h6,8-9H,2-5H2,1H3. The van der Waals surface area contributed by atoms with Gasteiger partial charge in [0.1, 0.15) is 6.67 Å². The minimum absolute atomic E-state index is 0.166. The summed E-state index contributed by atoms with van der Waals surface area (Å²) in [5.41, 5.74) is 0. The lowest BCUT2D eigenvalue weighted by Gasteiger charge is -2.06. The molecule has 0 fully saturated rings. The van der Waals surface area contributed by atoms with Crippen LogP contribution in [-0.4, -0.2) is 31.5 Å². The van der Waals surface area contributed by atoms with Crippen LogP contribution < -0.4 is 5.32 Å². The molecule has 0 radical (unpaired) electrons. The van der Waals surface area contributed by atoms with E-state index in [0.29, 0.717) is 13.1 Å². The Morgan fingerprint density at radius 2 is 2.33 bits per heavy atom. The van der Waals surface area contributed by atoms with E-state index in [0.717, 1.165) is 0 Å². The van der Waals surface area contributed by atoms with Gasteiger partial charge in [0, 0.05) is 13.2 Å². The third kappa shape index (κ3) is 5.73. The number of rotatable bonds is 5. The van der Waals surface area contributed by atoms with Crippen LogP contribution in [0, 0.1) is 5.92 Å². The first-order valence-electron chi connectivity index (χ1n) is 3.18. The molecule has 2 N–H and O–H groups in total. The van der Waals surface area contributed by atoms with E-state index in [1.165, 1.54) is 0 Å². The van der Waals surface area contributed by atoms with E-state index in [9.17, 15) is 4.39 Å². The number of aliphatic hydroxyl groups excluding tert-OH is 1. The first kappa shape index (κ1) is 8.85. The number of alkyl halides is 1. The van der Waals surface area contributed by atoms with Crippen molar-refractivity contribution in [2.45, 2.75) is 6.92 Å². The first-order chi connectivity index (χ1) is 4.31. The van der Waals surface area contributed by atoms with Crippen molar-refractivity contribution in [2.24, 2.45) is 5.92 Å². The van der Waals surface area contributed by atoms with Crippen molar-refractivity contribution in [2.75, 3.05) is 26.4 Å². The van der Waals surface area contributed by atoms with Gasteiger partial charge < -0.3 is 10.4 Å². The Balaban J connectivity index is 2.88. The Labute approximate surface area is 55.1 Å². The first-order valence-corrected chi connectivity index (χ1v) is 3.18. The summed E-state index contributed by atoms with van der Waals surface area (Å²) in [5, 5.41) is 11.4. The van der Waals surface area contributed by atoms with Gasteiger partial charge in [0.05, 0.1) is 0 Å². The van der Waals surface area contributed by atoms with Crippen LogP contribution in [0.3, 0.4) is 0 Å². The fourth-order valence-electron chi connectivity index (χ4n) is 0.480. The molecular formula is C6H14FNO. The number of hydrogen-bond donors (Lipinski definition) is 2. The van der Waals surface area contributed by atoms with E-state index in [1.54, 1.807) is 0 Å². The van der Waals surface area contributed by atoms with Gasteiger partial charge in [-0.3, -0.25) is 0 Å². The molecule has 56 valence electrons. The lowest BCUT2D eigenvalue weighted by Crippen LogP contribution is -2.24. The van der Waals surface area contributed by atoms with Crippen molar-refractivity contribution >= 4 is 0 Å². The SMILES string of the molecule is CC(CO)CNCCF. The van der Waals surface area contributed by atoms with Gasteiger partial charge in [-0.1, -0.05) is 6.92 Å². The molecule has 0 amide bonds. The lowest BCUT2D eigenvalue weighted by molar-refractivity contribution is 0.233. The van der Waals surface area contributed by atoms with E-state index in [2.05, 4.69) is 5.32 Å². The zero-order chi connectivity index (χ0) is 7.11. The highest BCUT2D eigenvalue weighted by Crippen LogP contribution is 1.87. The third-order valence-corrected chi connectivity index (χ3v) is 1.08. The van der Waals surface area contributed by atoms with Crippen LogP contribution in [0.15, 0.2) is 0 Å². The molecule has 1 atom stereocenters. The fraction of sp³-hybridized carbons (Fsp3) is 1.00. The van der Waals surface area contributed by atoms with Gasteiger partial charge in [0.15, 0.2) is 0 Å². The number of aliphatic hydroxyl groups is 1. The smallest absolute Gasteiger partial charge is 0.102 e. The van der Waals surface area contributed by atoms with Gasteiger partial charge in [0.25, 0.3) is 0 Å².